The van der Waals surface area contributed by atoms with Gasteiger partial charge in [-0.3, -0.25) is 0 Å². The number of hydrogen-bond donors (Lipinski definition) is 0. The van der Waals surface area contributed by atoms with Gasteiger partial charge in [-0.05, 0) is 0 Å². The van der Waals surface area contributed by atoms with Gasteiger partial charge in [-0.25, -0.2) is 0 Å². The minimum Gasteiger partial charge on any atom is -0.113 e. The highest BCUT2D eigenvalue weighted by Crippen LogP contribution is 3.13. The molecule has 4 bridgehead atoms. The molecule has 0 nitrogen and oxygen atoms in total. The van der Waals surface area contributed by atoms with Crippen LogP contribution in [0.25, 0.3) is 0 Å². The Bertz CT molecular complexity index is 575. The van der Waals surface area contributed by atoms with E-state index in [1.807, 2.05) is 0 Å². The molecule has 0 saturated heterocycles. The third-order valence-corrected chi connectivity index (χ3v) is 17.3. The van der Waals surface area contributed by atoms with Gasteiger partial charge < -0.3 is 0 Å². The fourth-order valence-electron chi connectivity index (χ4n) is 5.88. The quantitative estimate of drug-likeness (QED) is 0.247. The Morgan fingerprint density at radius 1 is 0.227 bits per heavy atom. The van der Waals surface area contributed by atoms with Crippen LogP contribution in [0.15, 0.2) is 0 Å². The van der Waals surface area contributed by atoms with Gasteiger partial charge in [0.05, 0.1) is 0 Å². The van der Waals surface area contributed by atoms with Crippen LogP contribution in [0.5, 0.6) is 0 Å². The summed E-state index contributed by atoms with van der Waals surface area (Å²) in [6, 6.07) is 0. The average Bonchev–Trinajstić information content (AvgIpc) is 2.62. The maximum atomic E-state index is 6.79. The largest absolute Gasteiger partial charge is 0.163 e. The SMILES string of the molecule is ClC1(Cl)[13C]2(Cl)[13C]3(Cl)[13C]4(Cl)C(Cl)(Cl)[13C]5(Cl)[13C]3(Cl)[13C]1(Cl)[13C]5(Cl)[13C]24Cl. The van der Waals surface area contributed by atoms with E-state index in [1.165, 1.54) is 0 Å². The standard InChI is InChI=1S/C10Cl12/c11-1-2(12)7(17)4(14)3(13,5(1,15)9(7,19)20)6(1,16)10(21,22)8(2,4)18/i1+1,2+1,3+1,4+1,5+1,6+1,7+1,8+1. The summed E-state index contributed by atoms with van der Waals surface area (Å²) in [7, 11) is 0. The van der Waals surface area contributed by atoms with Crippen LogP contribution in [-0.4, -0.2) is 47.7 Å². The maximum Gasteiger partial charge on any atom is 0.163 e. The summed E-state index contributed by atoms with van der Waals surface area (Å²) in [5.41, 5.74) is 0. The predicted molar refractivity (Wildman–Crippen MR) is 97.5 cm³/mol. The molecule has 22 heavy (non-hydrogen) atoms. The Hall–Kier alpha value is 3.48. The maximum absolute atomic E-state index is 6.79. The van der Waals surface area contributed by atoms with Gasteiger partial charge in [0.15, 0.2) is 8.67 Å². The highest BCUT2D eigenvalue weighted by atomic mass is 35.5. The van der Waals surface area contributed by atoms with Crippen molar-refractivity contribution in [2.45, 2.75) is 47.7 Å². The topological polar surface area (TPSA) is 0 Å². The first-order valence-electron chi connectivity index (χ1n) is 5.77. The molecule has 0 aliphatic heterocycles. The van der Waals surface area contributed by atoms with Crippen molar-refractivity contribution < 1.29 is 0 Å². The fraction of sp³-hybridized carbons (Fsp3) is 1.00. The molecule has 0 aromatic rings. The van der Waals surface area contributed by atoms with Gasteiger partial charge in [0, 0.05) is 0 Å². The van der Waals surface area contributed by atoms with Crippen LogP contribution in [0.2, 0.25) is 0 Å². The first kappa shape index (κ1) is 17.6. The number of halogens is 12. The second-order valence-electron chi connectivity index (χ2n) is 6.42. The Morgan fingerprint density at radius 3 is 0.500 bits per heavy atom. The van der Waals surface area contributed by atoms with E-state index in [0.29, 0.717) is 0 Å². The van der Waals surface area contributed by atoms with E-state index in [2.05, 4.69) is 0 Å². The van der Waals surface area contributed by atoms with E-state index in [-0.39, 0.29) is 0 Å². The van der Waals surface area contributed by atoms with Crippen LogP contribution in [0.1, 0.15) is 0 Å². The van der Waals surface area contributed by atoms with Gasteiger partial charge in [-0.2, -0.15) is 0 Å². The summed E-state index contributed by atoms with van der Waals surface area (Å²) in [4.78, 5) is -14.3. The molecule has 6 aliphatic rings. The molecule has 6 rings (SSSR count). The van der Waals surface area contributed by atoms with Crippen molar-refractivity contribution in [2.75, 3.05) is 0 Å². The molecule has 6 saturated carbocycles. The van der Waals surface area contributed by atoms with Crippen LogP contribution in [0.3, 0.4) is 0 Å². The Morgan fingerprint density at radius 2 is 0.364 bits per heavy atom. The first-order valence-corrected chi connectivity index (χ1v) is 10.3. The molecule has 124 valence electrons. The molecule has 0 spiro atoms. The molecule has 0 aromatic heterocycles. The summed E-state index contributed by atoms with van der Waals surface area (Å²) >= 11 is 80.0. The molecule has 0 heterocycles. The van der Waals surface area contributed by atoms with Crippen molar-refractivity contribution in [3.63, 3.8) is 0 Å². The van der Waals surface area contributed by atoms with E-state index in [1.54, 1.807) is 0 Å². The summed E-state index contributed by atoms with van der Waals surface area (Å²) in [6.45, 7) is 0. The molecule has 12 heteroatoms. The molecule has 6 aliphatic carbocycles. The zero-order valence-electron chi connectivity index (χ0n) is 9.54. The van der Waals surface area contributed by atoms with Crippen molar-refractivity contribution in [1.82, 2.24) is 0 Å². The summed E-state index contributed by atoms with van der Waals surface area (Å²) in [6.07, 6.45) is 0. The van der Waals surface area contributed by atoms with Gasteiger partial charge in [0.2, 0.25) is 0 Å². The van der Waals surface area contributed by atoms with Crippen molar-refractivity contribution in [3.05, 3.63) is 0 Å². The second-order valence-corrected chi connectivity index (χ2v) is 13.6. The lowest BCUT2D eigenvalue weighted by Crippen LogP contribution is -3.03. The second kappa shape index (κ2) is 3.35. The average molecular weight is 553 g/mol. The van der Waals surface area contributed by atoms with Crippen LogP contribution in [0.4, 0.5) is 0 Å². The number of alkyl halides is 12. The lowest BCUT2D eigenvalue weighted by atomic mass is 10.4. The van der Waals surface area contributed by atoms with Gasteiger partial charge >= 0.3 is 0 Å². The number of hydrogen-bond acceptors (Lipinski definition) is 0. The molecule has 0 atom stereocenters. The van der Waals surface area contributed by atoms with Crippen molar-refractivity contribution >= 4 is 139 Å². The summed E-state index contributed by atoms with van der Waals surface area (Å²) in [5, 5.41) is 0. The van der Waals surface area contributed by atoms with Crippen molar-refractivity contribution in [1.29, 1.82) is 0 Å². The monoisotopic (exact) mass is 548 g/mol. The van der Waals surface area contributed by atoms with E-state index in [4.69, 9.17) is 139 Å². The molecule has 0 N–H and O–H groups in total. The van der Waals surface area contributed by atoms with Crippen molar-refractivity contribution in [3.8, 4) is 0 Å². The van der Waals surface area contributed by atoms with Gasteiger partial charge in [0.25, 0.3) is 0 Å². The Balaban J connectivity index is 2.08. The molecule has 0 radical (unpaired) electrons. The summed E-state index contributed by atoms with van der Waals surface area (Å²) in [5.74, 6) is 0. The van der Waals surface area contributed by atoms with E-state index < -0.39 is 47.7 Å². The van der Waals surface area contributed by atoms with E-state index in [9.17, 15) is 0 Å². The lowest BCUT2D eigenvalue weighted by Gasteiger charge is -2.81. The van der Waals surface area contributed by atoms with Crippen LogP contribution in [-0.2, 0) is 0 Å². The first-order chi connectivity index (χ1) is 9.50. The smallest absolute Gasteiger partial charge is 0.113 e. The van der Waals surface area contributed by atoms with E-state index >= 15 is 0 Å². The van der Waals surface area contributed by atoms with Gasteiger partial charge in [-0.1, -0.05) is 46.4 Å². The third-order valence-electron chi connectivity index (χ3n) is 6.48. The molecular weight excluding hydrogens is 553 g/mol. The zero-order valence-corrected chi connectivity index (χ0v) is 18.6. The minimum atomic E-state index is -1.92. The van der Waals surface area contributed by atoms with Gasteiger partial charge in [-0.15, -0.1) is 92.8 Å². The van der Waals surface area contributed by atoms with E-state index in [0.717, 1.165) is 0 Å². The lowest BCUT2D eigenvalue weighted by molar-refractivity contribution is 0.000455. The van der Waals surface area contributed by atoms with Gasteiger partial charge in [0.1, 0.15) is 39.0 Å². The molecule has 0 aromatic carbocycles. The van der Waals surface area contributed by atoms with Crippen LogP contribution < -0.4 is 0 Å². The minimum absolute atomic E-state index is 1.79. The normalized spacial score (nSPS) is 80.2. The fourth-order valence-corrected chi connectivity index (χ4v) is 16.0. The molecule has 0 unspecified atom stereocenters. The van der Waals surface area contributed by atoms with Crippen molar-refractivity contribution in [2.24, 2.45) is 0 Å². The molecule has 6 fully saturated rings. The molecule has 0 amide bonds. The predicted octanol–water partition coefficient (Wildman–Crippen LogP) is 6.22. The Labute approximate surface area is 185 Å². The van der Waals surface area contributed by atoms with Crippen LogP contribution >= 0.6 is 139 Å². The number of rotatable bonds is 0. The third kappa shape index (κ3) is 0.708. The van der Waals surface area contributed by atoms with Crippen LogP contribution in [0, 0.1) is 0 Å². The summed E-state index contributed by atoms with van der Waals surface area (Å²) < 4.78 is -3.84. The Kier molecular flexibility index (Phi) is 2.67. The zero-order chi connectivity index (χ0) is 17.0. The highest BCUT2D eigenvalue weighted by Gasteiger charge is 3.32. The highest BCUT2D eigenvalue weighted by molar-refractivity contribution is 6.82. The molecular formula is C10Cl12.